The number of benzene rings is 2. The number of hydrogen-bond donors (Lipinski definition) is 0. The zero-order valence-corrected chi connectivity index (χ0v) is 22.9. The number of aryl methyl sites for hydroxylation is 1. The second-order valence-corrected chi connectivity index (χ2v) is 11.4. The summed E-state index contributed by atoms with van der Waals surface area (Å²) in [7, 11) is 0. The van der Waals surface area contributed by atoms with Gasteiger partial charge in [-0.2, -0.15) is 8.78 Å². The maximum Gasteiger partial charge on any atom is 0.427 e. The number of ether oxygens (including phenoxy) is 1. The topological polar surface area (TPSA) is 9.23 Å². The van der Waals surface area contributed by atoms with E-state index in [1.54, 1.807) is 24.3 Å². The fraction of sp³-hybridized carbons (Fsp3) is 0.636. The number of halogens is 3. The van der Waals surface area contributed by atoms with Crippen LogP contribution in [-0.4, -0.2) is 0 Å². The number of alkyl halides is 2. The van der Waals surface area contributed by atoms with Crippen molar-refractivity contribution in [1.82, 2.24) is 0 Å². The van der Waals surface area contributed by atoms with Gasteiger partial charge in [-0.05, 0) is 73.1 Å². The molecule has 0 radical (unpaired) electrons. The van der Waals surface area contributed by atoms with Crippen LogP contribution < -0.4 is 4.74 Å². The average Bonchev–Trinajstić information content (AvgIpc) is 2.90. The molecule has 0 atom stereocenters. The fourth-order valence-corrected chi connectivity index (χ4v) is 6.32. The summed E-state index contributed by atoms with van der Waals surface area (Å²) in [6.45, 7) is 4.38. The van der Waals surface area contributed by atoms with Crippen LogP contribution in [0.4, 0.5) is 13.2 Å². The molecule has 1 saturated carbocycles. The first-order chi connectivity index (χ1) is 17.9. The molecular weight excluding hydrogens is 469 g/mol. The van der Waals surface area contributed by atoms with Gasteiger partial charge in [-0.3, -0.25) is 0 Å². The molecule has 204 valence electrons. The third kappa shape index (κ3) is 6.92. The Labute approximate surface area is 222 Å². The molecule has 2 aromatic carbocycles. The quantitative estimate of drug-likeness (QED) is 0.242. The van der Waals surface area contributed by atoms with Crippen LogP contribution in [0.1, 0.15) is 133 Å². The van der Waals surface area contributed by atoms with Crippen LogP contribution in [0.3, 0.4) is 0 Å². The van der Waals surface area contributed by atoms with E-state index in [9.17, 15) is 0 Å². The molecule has 2 aromatic rings. The lowest BCUT2D eigenvalue weighted by Gasteiger charge is -2.32. The highest BCUT2D eigenvalue weighted by Gasteiger charge is 2.44. The van der Waals surface area contributed by atoms with E-state index in [1.165, 1.54) is 57.8 Å². The van der Waals surface area contributed by atoms with Crippen LogP contribution in [0, 0.1) is 11.7 Å². The third-order valence-electron chi connectivity index (χ3n) is 8.64. The fourth-order valence-electron chi connectivity index (χ4n) is 6.32. The predicted octanol–water partition coefficient (Wildman–Crippen LogP) is 11.1. The van der Waals surface area contributed by atoms with Crippen molar-refractivity contribution in [2.24, 2.45) is 5.92 Å². The van der Waals surface area contributed by atoms with E-state index in [0.29, 0.717) is 29.0 Å². The normalized spacial score (nSPS) is 20.2. The minimum atomic E-state index is -3.53. The number of hydrogen-bond acceptors (Lipinski definition) is 1. The first-order valence-corrected chi connectivity index (χ1v) is 15.0. The Morgan fingerprint density at radius 2 is 1.43 bits per heavy atom. The summed E-state index contributed by atoms with van der Waals surface area (Å²) in [5.41, 5.74) is 2.13. The van der Waals surface area contributed by atoms with Gasteiger partial charge < -0.3 is 4.74 Å². The molecular formula is C33H45F3O. The predicted molar refractivity (Wildman–Crippen MR) is 147 cm³/mol. The molecule has 1 nitrogen and oxygen atoms in total. The number of rotatable bonds is 13. The summed E-state index contributed by atoms with van der Waals surface area (Å²) in [4.78, 5) is 0. The Bertz CT molecular complexity index is 1010. The third-order valence-corrected chi connectivity index (χ3v) is 8.64. The summed E-state index contributed by atoms with van der Waals surface area (Å²) in [5.74, 6) is 0.155. The molecule has 0 N–H and O–H groups in total. The van der Waals surface area contributed by atoms with Crippen LogP contribution in [0.25, 0.3) is 11.1 Å². The highest BCUT2D eigenvalue weighted by Crippen LogP contribution is 2.50. The van der Waals surface area contributed by atoms with E-state index >= 15 is 13.2 Å². The van der Waals surface area contributed by atoms with Crippen molar-refractivity contribution in [2.75, 3.05) is 0 Å². The van der Waals surface area contributed by atoms with E-state index in [1.807, 2.05) is 6.07 Å². The van der Waals surface area contributed by atoms with Crippen LogP contribution in [0.5, 0.6) is 5.75 Å². The largest absolute Gasteiger partial charge is 0.427 e. The van der Waals surface area contributed by atoms with Crippen LogP contribution in [0.2, 0.25) is 0 Å². The Hall–Kier alpha value is -1.97. The van der Waals surface area contributed by atoms with Crippen molar-refractivity contribution in [3.8, 4) is 16.9 Å². The molecule has 0 spiro atoms. The molecule has 4 heteroatoms. The zero-order valence-electron chi connectivity index (χ0n) is 22.9. The smallest absolute Gasteiger partial charge is 0.425 e. The lowest BCUT2D eigenvalue weighted by Crippen LogP contribution is -2.28. The van der Waals surface area contributed by atoms with Gasteiger partial charge in [0.1, 0.15) is 0 Å². The molecule has 4 rings (SSSR count). The standard InChI is InChI=1S/C33H45F3O/c1-3-5-7-9-10-11-13-24-15-17-25(18-16-24)27-20-21-28-29-22-19-26(14-12-8-6-4-2)31(34)32(29)37-33(35,36)30(28)23-27/h19-25H,3-18H2,1-2H3. The Balaban J connectivity index is 1.41. The van der Waals surface area contributed by atoms with E-state index < -0.39 is 11.9 Å². The van der Waals surface area contributed by atoms with E-state index in [0.717, 1.165) is 50.0 Å². The van der Waals surface area contributed by atoms with Gasteiger partial charge in [-0.15, -0.1) is 0 Å². The molecule has 0 bridgehead atoms. The molecule has 0 saturated heterocycles. The number of fused-ring (bicyclic) bond motifs is 3. The van der Waals surface area contributed by atoms with E-state index in [-0.39, 0.29) is 11.3 Å². The molecule has 1 fully saturated rings. The molecule has 1 aliphatic carbocycles. The minimum absolute atomic E-state index is 0.123. The summed E-state index contributed by atoms with van der Waals surface area (Å²) in [5, 5.41) is 0. The second kappa shape index (κ2) is 13.2. The molecule has 37 heavy (non-hydrogen) atoms. The first kappa shape index (κ1) is 28.0. The molecule has 2 aliphatic rings. The van der Waals surface area contributed by atoms with Gasteiger partial charge in [0.05, 0.1) is 5.56 Å². The summed E-state index contributed by atoms with van der Waals surface area (Å²) < 4.78 is 50.7. The lowest BCUT2D eigenvalue weighted by atomic mass is 9.76. The first-order valence-electron chi connectivity index (χ1n) is 15.0. The Kier molecular flexibility index (Phi) is 10.0. The maximum absolute atomic E-state index is 15.2. The van der Waals surface area contributed by atoms with Crippen molar-refractivity contribution in [1.29, 1.82) is 0 Å². The molecule has 1 aliphatic heterocycles. The molecule has 1 heterocycles. The van der Waals surface area contributed by atoms with Crippen LogP contribution >= 0.6 is 0 Å². The summed E-state index contributed by atoms with van der Waals surface area (Å²) in [6.07, 6.45) is 14.8. The average molecular weight is 515 g/mol. The maximum atomic E-state index is 15.2. The summed E-state index contributed by atoms with van der Waals surface area (Å²) in [6, 6.07) is 8.89. The Morgan fingerprint density at radius 3 is 2.16 bits per heavy atom. The van der Waals surface area contributed by atoms with Crippen molar-refractivity contribution >= 4 is 0 Å². The minimum Gasteiger partial charge on any atom is -0.425 e. The van der Waals surface area contributed by atoms with Gasteiger partial charge in [0.15, 0.2) is 11.6 Å². The molecule has 0 unspecified atom stereocenters. The molecule has 0 amide bonds. The highest BCUT2D eigenvalue weighted by molar-refractivity contribution is 5.77. The van der Waals surface area contributed by atoms with Gasteiger partial charge in [0.25, 0.3) is 0 Å². The molecule has 0 aromatic heterocycles. The van der Waals surface area contributed by atoms with Crippen LogP contribution in [0.15, 0.2) is 30.3 Å². The lowest BCUT2D eigenvalue weighted by molar-refractivity contribution is -0.188. The Morgan fingerprint density at radius 1 is 0.784 bits per heavy atom. The summed E-state index contributed by atoms with van der Waals surface area (Å²) >= 11 is 0. The monoisotopic (exact) mass is 514 g/mol. The van der Waals surface area contributed by atoms with Crippen molar-refractivity contribution in [3.63, 3.8) is 0 Å². The van der Waals surface area contributed by atoms with Gasteiger partial charge in [0.2, 0.25) is 0 Å². The van der Waals surface area contributed by atoms with Crippen molar-refractivity contribution in [2.45, 2.75) is 129 Å². The van der Waals surface area contributed by atoms with Crippen LogP contribution in [-0.2, 0) is 12.5 Å². The second-order valence-electron chi connectivity index (χ2n) is 11.4. The van der Waals surface area contributed by atoms with Crippen molar-refractivity contribution in [3.05, 3.63) is 52.8 Å². The SMILES string of the molecule is CCCCCCCCC1CCC(c2ccc3c(c2)C(F)(F)Oc2c-3ccc(CCCCCC)c2F)CC1. The van der Waals surface area contributed by atoms with Gasteiger partial charge >= 0.3 is 6.11 Å². The van der Waals surface area contributed by atoms with E-state index in [2.05, 4.69) is 13.8 Å². The van der Waals surface area contributed by atoms with E-state index in [4.69, 9.17) is 4.74 Å². The van der Waals surface area contributed by atoms with Gasteiger partial charge in [-0.25, -0.2) is 4.39 Å². The zero-order chi connectivity index (χ0) is 26.3. The van der Waals surface area contributed by atoms with Crippen molar-refractivity contribution < 1.29 is 17.9 Å². The number of unbranched alkanes of at least 4 members (excludes halogenated alkanes) is 8. The highest BCUT2D eigenvalue weighted by atomic mass is 19.3. The van der Waals surface area contributed by atoms with Gasteiger partial charge in [-0.1, -0.05) is 102 Å². The van der Waals surface area contributed by atoms with Gasteiger partial charge in [0, 0.05) is 5.56 Å².